The lowest BCUT2D eigenvalue weighted by Gasteiger charge is -2.35. The first kappa shape index (κ1) is 28.5. The molecule has 0 radical (unpaired) electrons. The highest BCUT2D eigenvalue weighted by atomic mass is 14.4. The lowest BCUT2D eigenvalue weighted by atomic mass is 9.68. The van der Waals surface area contributed by atoms with E-state index < -0.39 is 0 Å². The molecule has 6 aromatic rings. The van der Waals surface area contributed by atoms with E-state index in [1.54, 1.807) is 0 Å². The largest absolute Gasteiger partial charge is 0.0836 e. The summed E-state index contributed by atoms with van der Waals surface area (Å²) in [6.45, 7) is 0. The van der Waals surface area contributed by atoms with E-state index in [-0.39, 0.29) is 11.8 Å². The molecule has 0 N–H and O–H groups in total. The van der Waals surface area contributed by atoms with Crippen LogP contribution in [0.4, 0.5) is 0 Å². The summed E-state index contributed by atoms with van der Waals surface area (Å²) in [4.78, 5) is 0. The summed E-state index contributed by atoms with van der Waals surface area (Å²) in [6.07, 6.45) is 17.4. The van der Waals surface area contributed by atoms with Crippen LogP contribution in [0.1, 0.15) is 34.6 Å². The summed E-state index contributed by atoms with van der Waals surface area (Å²) in [5, 5.41) is 5.20. The Morgan fingerprint density at radius 2 is 1.15 bits per heavy atom. The Balaban J connectivity index is 1.36. The molecule has 0 amide bonds. The third-order valence-corrected chi connectivity index (χ3v) is 10.4. The Morgan fingerprint density at radius 1 is 0.438 bits per heavy atom. The van der Waals surface area contributed by atoms with Gasteiger partial charge in [0.25, 0.3) is 0 Å². The number of fused-ring (bicyclic) bond motifs is 3. The van der Waals surface area contributed by atoms with Crippen LogP contribution in [0.15, 0.2) is 188 Å². The molecule has 0 aromatic heterocycles. The predicted molar refractivity (Wildman–Crippen MR) is 203 cm³/mol. The SMILES string of the molecule is C1=CCC(c2cccc(C3=c4ccc(-c5ccccc5)cc4=C(c4ccc5ccccc5c4)C4C=CC(c5ccccc5)=CC34)c2)C=C1. The number of rotatable bonds is 5. The number of benzene rings is 6. The molecule has 0 bridgehead atoms. The van der Waals surface area contributed by atoms with Gasteiger partial charge in [0.2, 0.25) is 0 Å². The van der Waals surface area contributed by atoms with E-state index >= 15 is 0 Å². The van der Waals surface area contributed by atoms with Crippen molar-refractivity contribution in [3.8, 4) is 11.1 Å². The summed E-state index contributed by atoms with van der Waals surface area (Å²) in [5.41, 5.74) is 11.8. The van der Waals surface area contributed by atoms with Gasteiger partial charge >= 0.3 is 0 Å². The van der Waals surface area contributed by atoms with E-state index in [1.807, 2.05) is 0 Å². The van der Waals surface area contributed by atoms with Crippen molar-refractivity contribution in [2.45, 2.75) is 12.3 Å². The molecule has 3 unspecified atom stereocenters. The van der Waals surface area contributed by atoms with Crippen LogP contribution in [-0.4, -0.2) is 0 Å². The molecule has 48 heavy (non-hydrogen) atoms. The summed E-state index contributed by atoms with van der Waals surface area (Å²) < 4.78 is 0. The predicted octanol–water partition coefficient (Wildman–Crippen LogP) is 10.4. The Kier molecular flexibility index (Phi) is 7.21. The topological polar surface area (TPSA) is 0 Å². The molecule has 3 atom stereocenters. The van der Waals surface area contributed by atoms with E-state index in [9.17, 15) is 0 Å². The van der Waals surface area contributed by atoms with Crippen LogP contribution in [0.2, 0.25) is 0 Å². The molecule has 228 valence electrons. The maximum absolute atomic E-state index is 2.54. The minimum absolute atomic E-state index is 0.179. The molecule has 0 fully saturated rings. The first-order chi connectivity index (χ1) is 23.8. The minimum Gasteiger partial charge on any atom is -0.0836 e. The van der Waals surface area contributed by atoms with Crippen LogP contribution in [0.5, 0.6) is 0 Å². The van der Waals surface area contributed by atoms with Crippen LogP contribution >= 0.6 is 0 Å². The van der Waals surface area contributed by atoms with Gasteiger partial charge in [-0.1, -0.05) is 176 Å². The fraction of sp³-hybridized carbons (Fsp3) is 0.0833. The van der Waals surface area contributed by atoms with E-state index in [0.717, 1.165) is 6.42 Å². The second-order valence-corrected chi connectivity index (χ2v) is 13.2. The monoisotopic (exact) mass is 612 g/mol. The third-order valence-electron chi connectivity index (χ3n) is 10.4. The van der Waals surface area contributed by atoms with Gasteiger partial charge < -0.3 is 0 Å². The van der Waals surface area contributed by atoms with Crippen molar-refractivity contribution in [3.63, 3.8) is 0 Å². The second kappa shape index (κ2) is 12.1. The molecule has 0 aliphatic heterocycles. The third kappa shape index (κ3) is 5.11. The smallest absolute Gasteiger partial charge is 0.0143 e. The lowest BCUT2D eigenvalue weighted by molar-refractivity contribution is 0.689. The lowest BCUT2D eigenvalue weighted by Crippen LogP contribution is -2.40. The normalized spacial score (nSPS) is 19.6. The molecule has 3 aliphatic rings. The maximum Gasteiger partial charge on any atom is 0.0143 e. The van der Waals surface area contributed by atoms with Crippen LogP contribution in [-0.2, 0) is 0 Å². The Hall–Kier alpha value is -5.72. The average Bonchev–Trinajstić information content (AvgIpc) is 3.17. The Bertz CT molecular complexity index is 2420. The molecule has 9 rings (SSSR count). The molecule has 0 saturated carbocycles. The van der Waals surface area contributed by atoms with Crippen molar-refractivity contribution >= 4 is 27.5 Å². The zero-order chi connectivity index (χ0) is 31.9. The molecular weight excluding hydrogens is 577 g/mol. The van der Waals surface area contributed by atoms with Gasteiger partial charge in [-0.05, 0) is 89.9 Å². The number of hydrogen-bond acceptors (Lipinski definition) is 0. The Morgan fingerprint density at radius 3 is 1.96 bits per heavy atom. The molecule has 0 heteroatoms. The molecule has 0 saturated heterocycles. The molecular formula is C48H36. The van der Waals surface area contributed by atoms with Gasteiger partial charge in [0.15, 0.2) is 0 Å². The first-order valence-corrected chi connectivity index (χ1v) is 17.1. The molecule has 0 spiro atoms. The van der Waals surface area contributed by atoms with Crippen LogP contribution < -0.4 is 10.4 Å². The summed E-state index contributed by atoms with van der Waals surface area (Å²) >= 11 is 0. The average molecular weight is 613 g/mol. The van der Waals surface area contributed by atoms with Gasteiger partial charge in [0.05, 0.1) is 0 Å². The van der Waals surface area contributed by atoms with Crippen molar-refractivity contribution in [1.29, 1.82) is 0 Å². The van der Waals surface area contributed by atoms with Gasteiger partial charge in [-0.15, -0.1) is 0 Å². The highest BCUT2D eigenvalue weighted by Crippen LogP contribution is 2.44. The Labute approximate surface area is 282 Å². The van der Waals surface area contributed by atoms with Gasteiger partial charge in [-0.2, -0.15) is 0 Å². The highest BCUT2D eigenvalue weighted by Gasteiger charge is 2.33. The van der Waals surface area contributed by atoms with Gasteiger partial charge in [0.1, 0.15) is 0 Å². The minimum atomic E-state index is 0.179. The van der Waals surface area contributed by atoms with Crippen molar-refractivity contribution in [3.05, 3.63) is 221 Å². The summed E-state index contributed by atoms with van der Waals surface area (Å²) in [7, 11) is 0. The standard InChI is InChI=1S/C48H36/c1-4-13-33(14-5-1)38-21-12-22-41(29-38)47-43-27-25-40(35-17-8-3-9-18-35)32-46(43)48(42-24-23-36-19-10-11-20-37(36)30-42)44-28-26-39(31-45(44)47)34-15-6-2-7-16-34/h1-13,15-33,44-45H,14H2. The summed E-state index contributed by atoms with van der Waals surface area (Å²) in [5.74, 6) is 0.767. The molecule has 0 nitrogen and oxygen atoms in total. The number of hydrogen-bond donors (Lipinski definition) is 0. The van der Waals surface area contributed by atoms with Gasteiger partial charge in [0, 0.05) is 17.8 Å². The van der Waals surface area contributed by atoms with E-state index in [2.05, 4.69) is 188 Å². The van der Waals surface area contributed by atoms with Crippen molar-refractivity contribution in [2.75, 3.05) is 0 Å². The quantitative estimate of drug-likeness (QED) is 0.182. The van der Waals surface area contributed by atoms with Crippen molar-refractivity contribution in [2.24, 2.45) is 11.8 Å². The van der Waals surface area contributed by atoms with Gasteiger partial charge in [-0.3, -0.25) is 0 Å². The van der Waals surface area contributed by atoms with Crippen LogP contribution in [0.3, 0.4) is 0 Å². The maximum atomic E-state index is 2.54. The van der Waals surface area contributed by atoms with Crippen molar-refractivity contribution in [1.82, 2.24) is 0 Å². The molecule has 0 heterocycles. The number of allylic oxidation sites excluding steroid dienone is 8. The molecule has 6 aromatic carbocycles. The first-order valence-electron chi connectivity index (χ1n) is 17.1. The van der Waals surface area contributed by atoms with Crippen LogP contribution in [0, 0.1) is 11.8 Å². The summed E-state index contributed by atoms with van der Waals surface area (Å²) in [6, 6.07) is 54.0. The van der Waals surface area contributed by atoms with E-state index in [0.29, 0.717) is 5.92 Å². The van der Waals surface area contributed by atoms with Gasteiger partial charge in [-0.25, -0.2) is 0 Å². The van der Waals surface area contributed by atoms with E-state index in [4.69, 9.17) is 0 Å². The van der Waals surface area contributed by atoms with Crippen molar-refractivity contribution < 1.29 is 0 Å². The molecule has 3 aliphatic carbocycles. The highest BCUT2D eigenvalue weighted by molar-refractivity contribution is 5.90. The van der Waals surface area contributed by atoms with Crippen LogP contribution in [0.25, 0.3) is 38.6 Å². The zero-order valence-corrected chi connectivity index (χ0v) is 26.8. The van der Waals surface area contributed by atoms with E-state index in [1.165, 1.54) is 71.3 Å². The second-order valence-electron chi connectivity index (χ2n) is 13.2. The fourth-order valence-electron chi connectivity index (χ4n) is 8.03. The fourth-order valence-corrected chi connectivity index (χ4v) is 8.03. The zero-order valence-electron chi connectivity index (χ0n) is 26.8.